The highest BCUT2D eigenvalue weighted by atomic mass is 32.2. The quantitative estimate of drug-likeness (QED) is 0.442. The van der Waals surface area contributed by atoms with E-state index in [4.69, 9.17) is 0 Å². The number of hydrogen-bond acceptors (Lipinski definition) is 4. The van der Waals surface area contributed by atoms with E-state index >= 15 is 0 Å². The Morgan fingerprint density at radius 1 is 1.25 bits per heavy atom. The summed E-state index contributed by atoms with van der Waals surface area (Å²) in [5.74, 6) is 0.109. The van der Waals surface area contributed by atoms with Crippen LogP contribution in [0.3, 0.4) is 0 Å². The highest BCUT2D eigenvalue weighted by Gasteiger charge is 2.09. The van der Waals surface area contributed by atoms with Gasteiger partial charge in [-0.2, -0.15) is 5.10 Å². The van der Waals surface area contributed by atoms with Gasteiger partial charge in [-0.15, -0.1) is 0 Å². The lowest BCUT2D eigenvalue weighted by Gasteiger charge is -2.01. The number of carbonyl (C=O) groups is 1. The number of para-hydroxylation sites is 2. The van der Waals surface area contributed by atoms with Crippen LogP contribution in [0.2, 0.25) is 0 Å². The molecule has 1 aromatic heterocycles. The molecule has 3 rings (SSSR count). The van der Waals surface area contributed by atoms with Crippen molar-refractivity contribution in [3.05, 3.63) is 59.7 Å². The highest BCUT2D eigenvalue weighted by Crippen LogP contribution is 2.22. The molecule has 0 unspecified atom stereocenters. The largest absolute Gasteiger partial charge is 0.322 e. The first-order chi connectivity index (χ1) is 11.6. The first-order valence-corrected chi connectivity index (χ1v) is 8.55. The van der Waals surface area contributed by atoms with Gasteiger partial charge in [0.05, 0.1) is 23.0 Å². The lowest BCUT2D eigenvalue weighted by atomic mass is 10.2. The molecule has 122 valence electrons. The molecule has 1 N–H and O–H groups in total. The predicted octanol–water partition coefficient (Wildman–Crippen LogP) is 3.12. The number of hydrazone groups is 1. The molecule has 24 heavy (non-hydrogen) atoms. The van der Waals surface area contributed by atoms with E-state index in [1.165, 1.54) is 17.3 Å². The number of fused-ring (bicyclic) bond motifs is 1. The molecular weight excluding hydrogens is 320 g/mol. The molecule has 0 spiro atoms. The van der Waals surface area contributed by atoms with Gasteiger partial charge in [0.15, 0.2) is 5.16 Å². The zero-order chi connectivity index (χ0) is 16.9. The van der Waals surface area contributed by atoms with Crippen molar-refractivity contribution in [2.45, 2.75) is 12.1 Å². The molecule has 0 saturated heterocycles. The smallest absolute Gasteiger partial charge is 0.250 e. The maximum Gasteiger partial charge on any atom is 0.250 e. The minimum atomic E-state index is -0.157. The molecule has 0 bridgehead atoms. The number of aryl methyl sites for hydroxylation is 2. The zero-order valence-corrected chi connectivity index (χ0v) is 14.4. The molecule has 1 heterocycles. The summed E-state index contributed by atoms with van der Waals surface area (Å²) < 4.78 is 1.99. The molecule has 1 amide bonds. The normalized spacial score (nSPS) is 11.2. The number of amides is 1. The zero-order valence-electron chi connectivity index (χ0n) is 13.6. The second-order valence-electron chi connectivity index (χ2n) is 5.43. The Hall–Kier alpha value is -2.60. The molecular formula is C18H18N4OS. The summed E-state index contributed by atoms with van der Waals surface area (Å²) in [6.07, 6.45) is 1.64. The molecule has 0 aliphatic carbocycles. The Morgan fingerprint density at radius 3 is 2.75 bits per heavy atom. The number of thioether (sulfide) groups is 1. The van der Waals surface area contributed by atoms with Crippen molar-refractivity contribution >= 4 is 34.9 Å². The van der Waals surface area contributed by atoms with E-state index < -0.39 is 0 Å². The average Bonchev–Trinajstić information content (AvgIpc) is 2.91. The maximum atomic E-state index is 11.9. The van der Waals surface area contributed by atoms with Crippen LogP contribution in [-0.2, 0) is 11.8 Å². The standard InChI is InChI=1S/C18H18N4OS/c1-13-7-9-14(10-8-13)11-19-21-17(23)12-24-18-20-15-5-3-4-6-16(15)22(18)2/h3-11H,12H2,1-2H3,(H,21,23)/b19-11+. The minimum Gasteiger partial charge on any atom is -0.322 e. The monoisotopic (exact) mass is 338 g/mol. The summed E-state index contributed by atoms with van der Waals surface area (Å²) in [5, 5.41) is 4.80. The van der Waals surface area contributed by atoms with Gasteiger partial charge in [-0.3, -0.25) is 4.79 Å². The van der Waals surface area contributed by atoms with Crippen molar-refractivity contribution in [1.82, 2.24) is 15.0 Å². The van der Waals surface area contributed by atoms with Crippen LogP contribution in [0.4, 0.5) is 0 Å². The van der Waals surface area contributed by atoms with Crippen LogP contribution in [0.5, 0.6) is 0 Å². The minimum absolute atomic E-state index is 0.157. The van der Waals surface area contributed by atoms with Gasteiger partial charge in [0.2, 0.25) is 0 Å². The van der Waals surface area contributed by atoms with E-state index in [-0.39, 0.29) is 11.7 Å². The Balaban J connectivity index is 1.55. The first kappa shape index (κ1) is 16.3. The van der Waals surface area contributed by atoms with Crippen molar-refractivity contribution in [3.63, 3.8) is 0 Å². The summed E-state index contributed by atoms with van der Waals surface area (Å²) >= 11 is 1.40. The van der Waals surface area contributed by atoms with Gasteiger partial charge in [0, 0.05) is 7.05 Å². The van der Waals surface area contributed by atoms with Gasteiger partial charge in [-0.25, -0.2) is 10.4 Å². The third kappa shape index (κ3) is 3.83. The van der Waals surface area contributed by atoms with Crippen LogP contribution in [0.25, 0.3) is 11.0 Å². The number of nitrogens with one attached hydrogen (secondary N) is 1. The third-order valence-electron chi connectivity index (χ3n) is 3.56. The lowest BCUT2D eigenvalue weighted by Crippen LogP contribution is -2.19. The maximum absolute atomic E-state index is 11.9. The van der Waals surface area contributed by atoms with Crippen LogP contribution >= 0.6 is 11.8 Å². The van der Waals surface area contributed by atoms with E-state index in [9.17, 15) is 4.79 Å². The summed E-state index contributed by atoms with van der Waals surface area (Å²) in [7, 11) is 1.95. The Morgan fingerprint density at radius 2 is 2.00 bits per heavy atom. The molecule has 3 aromatic rings. The summed E-state index contributed by atoms with van der Waals surface area (Å²) in [6.45, 7) is 2.03. The second kappa shape index (κ2) is 7.31. The van der Waals surface area contributed by atoms with E-state index in [1.54, 1.807) is 6.21 Å². The van der Waals surface area contributed by atoms with Gasteiger partial charge < -0.3 is 4.57 Å². The van der Waals surface area contributed by atoms with E-state index in [2.05, 4.69) is 15.5 Å². The third-order valence-corrected chi connectivity index (χ3v) is 4.59. The van der Waals surface area contributed by atoms with Crippen molar-refractivity contribution in [1.29, 1.82) is 0 Å². The van der Waals surface area contributed by atoms with Crippen molar-refractivity contribution in [3.8, 4) is 0 Å². The Kier molecular flexibility index (Phi) is 4.96. The Labute approximate surface area is 144 Å². The number of nitrogens with zero attached hydrogens (tertiary/aromatic N) is 3. The molecule has 6 heteroatoms. The fraction of sp³-hybridized carbons (Fsp3) is 0.167. The van der Waals surface area contributed by atoms with Crippen LogP contribution in [0, 0.1) is 6.92 Å². The van der Waals surface area contributed by atoms with Gasteiger partial charge in [-0.1, -0.05) is 53.7 Å². The molecule has 0 saturated carbocycles. The van der Waals surface area contributed by atoms with Crippen LogP contribution < -0.4 is 5.43 Å². The first-order valence-electron chi connectivity index (χ1n) is 7.56. The molecule has 0 atom stereocenters. The van der Waals surface area contributed by atoms with E-state index in [0.29, 0.717) is 0 Å². The van der Waals surface area contributed by atoms with Crippen LogP contribution in [-0.4, -0.2) is 27.4 Å². The number of benzene rings is 2. The van der Waals surface area contributed by atoms with Crippen LogP contribution in [0.1, 0.15) is 11.1 Å². The number of imidazole rings is 1. The highest BCUT2D eigenvalue weighted by molar-refractivity contribution is 7.99. The Bertz CT molecular complexity index is 884. The van der Waals surface area contributed by atoms with Gasteiger partial charge in [0.1, 0.15) is 0 Å². The number of aromatic nitrogens is 2. The molecule has 0 aliphatic rings. The average molecular weight is 338 g/mol. The molecule has 0 radical (unpaired) electrons. The fourth-order valence-electron chi connectivity index (χ4n) is 2.25. The number of carbonyl (C=O) groups excluding carboxylic acids is 1. The summed E-state index contributed by atoms with van der Waals surface area (Å²) in [6, 6.07) is 15.8. The number of hydrogen-bond donors (Lipinski definition) is 1. The van der Waals surface area contributed by atoms with E-state index in [0.717, 1.165) is 21.8 Å². The summed E-state index contributed by atoms with van der Waals surface area (Å²) in [4.78, 5) is 16.4. The SMILES string of the molecule is Cc1ccc(/C=N/NC(=O)CSc2nc3ccccc3n2C)cc1. The second-order valence-corrected chi connectivity index (χ2v) is 6.38. The van der Waals surface area contributed by atoms with Crippen molar-refractivity contribution in [2.24, 2.45) is 12.1 Å². The van der Waals surface area contributed by atoms with E-state index in [1.807, 2.05) is 67.1 Å². The van der Waals surface area contributed by atoms with Crippen molar-refractivity contribution < 1.29 is 4.79 Å². The molecule has 0 aliphatic heterocycles. The molecule has 5 nitrogen and oxygen atoms in total. The summed E-state index contributed by atoms with van der Waals surface area (Å²) in [5.41, 5.74) is 6.66. The van der Waals surface area contributed by atoms with Gasteiger partial charge in [-0.05, 0) is 24.6 Å². The van der Waals surface area contributed by atoms with Crippen molar-refractivity contribution in [2.75, 3.05) is 5.75 Å². The lowest BCUT2D eigenvalue weighted by molar-refractivity contribution is -0.118. The fourth-order valence-corrected chi connectivity index (χ4v) is 3.03. The topological polar surface area (TPSA) is 59.3 Å². The van der Waals surface area contributed by atoms with Gasteiger partial charge in [0.25, 0.3) is 5.91 Å². The van der Waals surface area contributed by atoms with Gasteiger partial charge >= 0.3 is 0 Å². The molecule has 2 aromatic carbocycles. The number of rotatable bonds is 5. The molecule has 0 fully saturated rings. The predicted molar refractivity (Wildman–Crippen MR) is 98.4 cm³/mol. The van der Waals surface area contributed by atoms with Crippen LogP contribution in [0.15, 0.2) is 58.8 Å².